The summed E-state index contributed by atoms with van der Waals surface area (Å²) in [6.07, 6.45) is 3.28. The third-order valence-corrected chi connectivity index (χ3v) is 2.61. The van der Waals surface area contributed by atoms with Crippen molar-refractivity contribution in [3.05, 3.63) is 47.3 Å². The fourth-order valence-electron chi connectivity index (χ4n) is 1.52. The molecule has 0 fully saturated rings. The molecule has 1 aromatic carbocycles. The van der Waals surface area contributed by atoms with Gasteiger partial charge in [0.1, 0.15) is 5.82 Å². The largest absolute Gasteiger partial charge is 0.323 e. The maximum Gasteiger partial charge on any atom is 0.124 e. The van der Waals surface area contributed by atoms with Gasteiger partial charge in [-0.3, -0.25) is 0 Å². The van der Waals surface area contributed by atoms with Crippen LogP contribution in [-0.4, -0.2) is 9.55 Å². The highest BCUT2D eigenvalue weighted by molar-refractivity contribution is 6.32. The van der Waals surface area contributed by atoms with E-state index in [1.807, 2.05) is 6.92 Å². The SMILES string of the molecule is C[C@@H](N)c1cncn1-c1ccc(F)cc1Cl. The monoisotopic (exact) mass is 239 g/mol. The van der Waals surface area contributed by atoms with Crippen molar-refractivity contribution < 1.29 is 4.39 Å². The van der Waals surface area contributed by atoms with Gasteiger partial charge in [-0.2, -0.15) is 0 Å². The molecule has 0 aliphatic carbocycles. The molecule has 0 saturated heterocycles. The summed E-state index contributed by atoms with van der Waals surface area (Å²) >= 11 is 5.97. The highest BCUT2D eigenvalue weighted by Gasteiger charge is 2.11. The summed E-state index contributed by atoms with van der Waals surface area (Å²) in [7, 11) is 0. The Kier molecular flexibility index (Phi) is 2.94. The van der Waals surface area contributed by atoms with Gasteiger partial charge >= 0.3 is 0 Å². The zero-order valence-corrected chi connectivity index (χ0v) is 9.45. The average Bonchev–Trinajstić information content (AvgIpc) is 2.66. The lowest BCUT2D eigenvalue weighted by Gasteiger charge is -2.12. The van der Waals surface area contributed by atoms with Crippen LogP contribution in [-0.2, 0) is 0 Å². The van der Waals surface area contributed by atoms with Crippen LogP contribution in [0, 0.1) is 5.82 Å². The van der Waals surface area contributed by atoms with Crippen molar-refractivity contribution in [3.8, 4) is 5.69 Å². The van der Waals surface area contributed by atoms with Gasteiger partial charge in [0.05, 0.1) is 28.9 Å². The normalized spacial score (nSPS) is 12.8. The molecule has 1 aromatic heterocycles. The smallest absolute Gasteiger partial charge is 0.124 e. The van der Waals surface area contributed by atoms with Gasteiger partial charge in [0, 0.05) is 6.04 Å². The van der Waals surface area contributed by atoms with Crippen molar-refractivity contribution >= 4 is 11.6 Å². The number of aromatic nitrogens is 2. The average molecular weight is 240 g/mol. The molecule has 5 heteroatoms. The minimum atomic E-state index is -0.365. The molecule has 0 radical (unpaired) electrons. The molecule has 0 saturated carbocycles. The van der Waals surface area contributed by atoms with Crippen LogP contribution < -0.4 is 5.73 Å². The molecule has 16 heavy (non-hydrogen) atoms. The van der Waals surface area contributed by atoms with Gasteiger partial charge < -0.3 is 10.3 Å². The Morgan fingerprint density at radius 1 is 1.50 bits per heavy atom. The molecule has 1 heterocycles. The first-order valence-corrected chi connectivity index (χ1v) is 5.20. The predicted octanol–water partition coefficient (Wildman–Crippen LogP) is 2.68. The summed E-state index contributed by atoms with van der Waals surface area (Å²) in [5, 5.41) is 0.333. The number of rotatable bonds is 2. The molecule has 0 amide bonds. The Balaban J connectivity index is 2.54. The molecule has 0 aliphatic heterocycles. The zero-order chi connectivity index (χ0) is 11.7. The molecule has 0 aliphatic rings. The van der Waals surface area contributed by atoms with E-state index in [0.29, 0.717) is 10.7 Å². The van der Waals surface area contributed by atoms with E-state index in [1.165, 1.54) is 12.1 Å². The van der Waals surface area contributed by atoms with E-state index < -0.39 is 0 Å². The van der Waals surface area contributed by atoms with E-state index in [1.54, 1.807) is 23.2 Å². The number of halogens is 2. The standard InChI is InChI=1S/C11H11ClFN3/c1-7(14)11-5-15-6-16(11)10-3-2-8(13)4-9(10)12/h2-7H,14H2,1H3/t7-/m1/s1. The summed E-state index contributed by atoms with van der Waals surface area (Å²) in [6.45, 7) is 1.85. The highest BCUT2D eigenvalue weighted by atomic mass is 35.5. The summed E-state index contributed by atoms with van der Waals surface area (Å²) in [6, 6.07) is 4.06. The van der Waals surface area contributed by atoms with E-state index in [2.05, 4.69) is 4.98 Å². The van der Waals surface area contributed by atoms with Crippen LogP contribution in [0.25, 0.3) is 5.69 Å². The number of hydrogen-bond acceptors (Lipinski definition) is 2. The quantitative estimate of drug-likeness (QED) is 0.876. The first-order valence-electron chi connectivity index (χ1n) is 4.83. The molecule has 84 valence electrons. The van der Waals surface area contributed by atoms with Gasteiger partial charge in [-0.15, -0.1) is 0 Å². The van der Waals surface area contributed by atoms with Crippen molar-refractivity contribution in [2.24, 2.45) is 5.73 Å². The first-order chi connectivity index (χ1) is 7.59. The van der Waals surface area contributed by atoms with Gasteiger partial charge in [0.25, 0.3) is 0 Å². The summed E-state index contributed by atoms with van der Waals surface area (Å²) in [5.41, 5.74) is 7.30. The molecule has 3 nitrogen and oxygen atoms in total. The highest BCUT2D eigenvalue weighted by Crippen LogP contribution is 2.24. The number of imidazole rings is 1. The van der Waals surface area contributed by atoms with Crippen molar-refractivity contribution in [1.82, 2.24) is 9.55 Å². The maximum absolute atomic E-state index is 12.9. The summed E-state index contributed by atoms with van der Waals surface area (Å²) < 4.78 is 14.7. The third kappa shape index (κ3) is 1.94. The topological polar surface area (TPSA) is 43.8 Å². The lowest BCUT2D eigenvalue weighted by Crippen LogP contribution is -2.10. The Hall–Kier alpha value is -1.39. The Bertz CT molecular complexity index is 508. The molecule has 2 aromatic rings. The second-order valence-corrected chi connectivity index (χ2v) is 3.98. The van der Waals surface area contributed by atoms with Gasteiger partial charge in [-0.05, 0) is 25.1 Å². The van der Waals surface area contributed by atoms with Gasteiger partial charge in [0.15, 0.2) is 0 Å². The van der Waals surface area contributed by atoms with Crippen molar-refractivity contribution in [1.29, 1.82) is 0 Å². The van der Waals surface area contributed by atoms with Gasteiger partial charge in [0.2, 0.25) is 0 Å². The predicted molar refractivity (Wildman–Crippen MR) is 61.1 cm³/mol. The minimum Gasteiger partial charge on any atom is -0.323 e. The van der Waals surface area contributed by atoms with Crippen molar-refractivity contribution in [2.45, 2.75) is 13.0 Å². The Morgan fingerprint density at radius 2 is 2.25 bits per heavy atom. The number of benzene rings is 1. The number of hydrogen-bond donors (Lipinski definition) is 1. The molecule has 0 spiro atoms. The molecule has 1 atom stereocenters. The first kappa shape index (κ1) is 11.1. The van der Waals surface area contributed by atoms with E-state index in [-0.39, 0.29) is 11.9 Å². The molecule has 2 rings (SSSR count). The van der Waals surface area contributed by atoms with Crippen molar-refractivity contribution in [3.63, 3.8) is 0 Å². The molecular formula is C11H11ClFN3. The summed E-state index contributed by atoms with van der Waals surface area (Å²) in [4.78, 5) is 4.01. The molecule has 0 bridgehead atoms. The fourth-order valence-corrected chi connectivity index (χ4v) is 1.78. The Morgan fingerprint density at radius 3 is 2.88 bits per heavy atom. The minimum absolute atomic E-state index is 0.163. The second kappa shape index (κ2) is 4.23. The number of nitrogens with zero attached hydrogens (tertiary/aromatic N) is 2. The van der Waals surface area contributed by atoms with Gasteiger partial charge in [-0.1, -0.05) is 11.6 Å². The van der Waals surface area contributed by atoms with Crippen LogP contribution in [0.3, 0.4) is 0 Å². The van der Waals surface area contributed by atoms with Crippen LogP contribution in [0.1, 0.15) is 18.7 Å². The molecule has 0 unspecified atom stereocenters. The van der Waals surface area contributed by atoms with Crippen molar-refractivity contribution in [2.75, 3.05) is 0 Å². The fraction of sp³-hybridized carbons (Fsp3) is 0.182. The lowest BCUT2D eigenvalue weighted by atomic mass is 10.2. The van der Waals surface area contributed by atoms with E-state index in [0.717, 1.165) is 5.69 Å². The number of nitrogens with two attached hydrogens (primary N) is 1. The van der Waals surface area contributed by atoms with E-state index in [4.69, 9.17) is 17.3 Å². The van der Waals surface area contributed by atoms with Crippen LogP contribution in [0.15, 0.2) is 30.7 Å². The van der Waals surface area contributed by atoms with Crippen LogP contribution >= 0.6 is 11.6 Å². The maximum atomic E-state index is 12.9. The Labute approximate surface area is 97.7 Å². The zero-order valence-electron chi connectivity index (χ0n) is 8.69. The van der Waals surface area contributed by atoms with Crippen LogP contribution in [0.4, 0.5) is 4.39 Å². The van der Waals surface area contributed by atoms with E-state index in [9.17, 15) is 4.39 Å². The van der Waals surface area contributed by atoms with Gasteiger partial charge in [-0.25, -0.2) is 9.37 Å². The van der Waals surface area contributed by atoms with Crippen LogP contribution in [0.2, 0.25) is 5.02 Å². The molecule has 2 N–H and O–H groups in total. The second-order valence-electron chi connectivity index (χ2n) is 3.57. The summed E-state index contributed by atoms with van der Waals surface area (Å²) in [5.74, 6) is -0.365. The third-order valence-electron chi connectivity index (χ3n) is 2.30. The van der Waals surface area contributed by atoms with Crippen LogP contribution in [0.5, 0.6) is 0 Å². The lowest BCUT2D eigenvalue weighted by molar-refractivity contribution is 0.627. The van der Waals surface area contributed by atoms with E-state index >= 15 is 0 Å². The molecular weight excluding hydrogens is 229 g/mol.